The molecule has 1 heterocycles. The zero-order valence-corrected chi connectivity index (χ0v) is 37.0. The molecule has 0 spiro atoms. The van der Waals surface area contributed by atoms with Gasteiger partial charge >= 0.3 is 0 Å². The molecule has 1 N–H and O–H groups in total. The van der Waals surface area contributed by atoms with E-state index in [1.54, 1.807) is 19.2 Å². The molecule has 0 atom stereocenters. The van der Waals surface area contributed by atoms with Crippen LogP contribution < -0.4 is 54.6 Å². The first kappa shape index (κ1) is 44.8. The van der Waals surface area contributed by atoms with Crippen LogP contribution in [0.1, 0.15) is 27.8 Å². The molecule has 10 rings (SSSR count). The maximum absolute atomic E-state index is 9.05. The van der Waals surface area contributed by atoms with Gasteiger partial charge in [-0.1, -0.05) is 160 Å². The molecule has 0 aliphatic carbocycles. The maximum Gasteiger partial charge on any atom is 0.161 e. The molecule has 294 valence electrons. The summed E-state index contributed by atoms with van der Waals surface area (Å²) in [5, 5.41) is 15.9. The van der Waals surface area contributed by atoms with Gasteiger partial charge in [-0.25, -0.2) is 9.98 Å². The van der Waals surface area contributed by atoms with E-state index in [0.29, 0.717) is 72.3 Å². The number of hydrogen-bond acceptors (Lipinski definition) is 1. The molecular weight excluding hydrogens is 813 g/mol. The zero-order chi connectivity index (χ0) is 47.9. The molecule has 0 aliphatic heterocycles. The fourth-order valence-electron chi connectivity index (χ4n) is 9.59. The van der Waals surface area contributed by atoms with Gasteiger partial charge in [0.2, 0.25) is 0 Å². The van der Waals surface area contributed by atoms with Gasteiger partial charge in [-0.2, -0.15) is 0 Å². The number of nitrogens with one attached hydrogen (secondary N) is 1. The van der Waals surface area contributed by atoms with Crippen molar-refractivity contribution in [1.82, 2.24) is 4.57 Å². The van der Waals surface area contributed by atoms with Crippen molar-refractivity contribution in [2.45, 2.75) is 6.92 Å². The highest BCUT2D eigenvalue weighted by atomic mass is 15.0. The molecule has 9 aromatic carbocycles. The van der Waals surface area contributed by atoms with Gasteiger partial charge in [0.15, 0.2) is 11.7 Å². The highest BCUT2D eigenvalue weighted by molar-refractivity contribution is 6.68. The minimum Gasteiger partial charge on any atom is -0.310 e. The summed E-state index contributed by atoms with van der Waals surface area (Å²) in [6, 6.07) is 39.4. The first-order valence-electron chi connectivity index (χ1n) is 21.6. The number of benzene rings is 9. The second kappa shape index (κ2) is 17.2. The number of nitrogens with zero attached hydrogens (tertiary/aromatic N) is 3. The molecule has 0 fully saturated rings. The lowest BCUT2D eigenvalue weighted by molar-refractivity contribution is 1.19. The van der Waals surface area contributed by atoms with Crippen LogP contribution in [0, 0.1) is 12.3 Å². The minimum absolute atomic E-state index is 0.0323. The predicted molar refractivity (Wildman–Crippen MR) is 301 cm³/mol. The highest BCUT2D eigenvalue weighted by Crippen LogP contribution is 2.40. The quantitative estimate of drug-likeness (QED) is 0.115. The van der Waals surface area contributed by atoms with Crippen LogP contribution in [0.4, 0.5) is 0 Å². The standard InChI is InChI=1S/C54H28B10N4/c1-3-29-42(56)46(60)40-39-38(37-25(2)41(55)47(61)48(62)44(37)58)45(59)49(63)50(64)51(39)68(52(40)43(29)57)36-23-35-33-21-13-11-19-31(33)30-18-10-12-20-32(30)34(35)22-28(36)24-66-54(27-16-8-5-9-17-27)67-53(65)26-14-6-4-7-15-26/h3-24,65H,1H2,2H3. The normalized spacial score (nSPS) is 12.0. The fraction of sp³-hybridized carbons (Fsp3) is 0.0185. The van der Waals surface area contributed by atoms with Gasteiger partial charge in [-0.3, -0.25) is 5.41 Å². The summed E-state index contributed by atoms with van der Waals surface area (Å²) < 4.78 is 1.92. The average Bonchev–Trinajstić information content (AvgIpc) is 3.72. The summed E-state index contributed by atoms with van der Waals surface area (Å²) in [5.74, 6) is 0.328. The largest absolute Gasteiger partial charge is 0.310 e. The van der Waals surface area contributed by atoms with Gasteiger partial charge in [-0.05, 0) is 68.1 Å². The van der Waals surface area contributed by atoms with E-state index in [9.17, 15) is 0 Å². The number of aliphatic imine (C=N–C) groups is 2. The Hall–Kier alpha value is -7.04. The highest BCUT2D eigenvalue weighted by Gasteiger charge is 2.28. The van der Waals surface area contributed by atoms with Crippen molar-refractivity contribution in [3.63, 3.8) is 0 Å². The van der Waals surface area contributed by atoms with Gasteiger partial charge in [-0.15, -0.1) is 21.9 Å². The Bertz CT molecular complexity index is 3870. The Morgan fingerprint density at radius 3 is 1.57 bits per heavy atom. The van der Waals surface area contributed by atoms with Crippen molar-refractivity contribution in [2.24, 2.45) is 9.98 Å². The summed E-state index contributed by atoms with van der Waals surface area (Å²) >= 11 is 0. The van der Waals surface area contributed by atoms with E-state index in [1.165, 1.54) is 0 Å². The van der Waals surface area contributed by atoms with E-state index in [1.807, 2.05) is 89.5 Å². The van der Waals surface area contributed by atoms with E-state index in [0.717, 1.165) is 32.3 Å². The SMILES string of the molecule is [B]c1c([B])c([B])c(-c2c([B])c([B])c([B])c3c2c2c([B])c([B])c(C=C)c([B])c2n3-c2cc3c4ccccc4c4ccccc4c3cc2C=NC(=NC(=N)c2ccccc2)c2ccccc2)c(C)c1[B]. The van der Waals surface area contributed by atoms with Crippen molar-refractivity contribution in [3.8, 4) is 16.8 Å². The molecule has 1 aromatic heterocycles. The van der Waals surface area contributed by atoms with E-state index in [-0.39, 0.29) is 60.5 Å². The second-order valence-corrected chi connectivity index (χ2v) is 16.7. The summed E-state index contributed by atoms with van der Waals surface area (Å²) in [6.45, 7) is 5.84. The summed E-state index contributed by atoms with van der Waals surface area (Å²) in [5.41, 5.74) is 6.36. The molecular formula is C54H28B10N4. The van der Waals surface area contributed by atoms with Gasteiger partial charge in [0, 0.05) is 44.7 Å². The van der Waals surface area contributed by atoms with Crippen LogP contribution in [0.15, 0.2) is 138 Å². The number of amidine groups is 2. The van der Waals surface area contributed by atoms with Crippen LogP contribution in [0.3, 0.4) is 0 Å². The van der Waals surface area contributed by atoms with Gasteiger partial charge in [0.25, 0.3) is 0 Å². The second-order valence-electron chi connectivity index (χ2n) is 16.7. The lowest BCUT2D eigenvalue weighted by atomic mass is 9.60. The van der Waals surface area contributed by atoms with Crippen LogP contribution in [0.25, 0.3) is 77.0 Å². The summed E-state index contributed by atoms with van der Waals surface area (Å²) in [7, 11) is 69.0. The van der Waals surface area contributed by atoms with Gasteiger partial charge in [0.1, 0.15) is 78.5 Å². The molecule has 0 bridgehead atoms. The summed E-state index contributed by atoms with van der Waals surface area (Å²) in [4.78, 5) is 9.91. The Balaban J connectivity index is 1.43. The molecule has 0 saturated heterocycles. The average molecular weight is 841 g/mol. The van der Waals surface area contributed by atoms with Crippen molar-refractivity contribution in [1.29, 1.82) is 5.41 Å². The number of aromatic nitrogens is 1. The third-order valence-corrected chi connectivity index (χ3v) is 13.0. The van der Waals surface area contributed by atoms with Crippen LogP contribution >= 0.6 is 0 Å². The molecule has 0 saturated carbocycles. The third-order valence-electron chi connectivity index (χ3n) is 13.0. The van der Waals surface area contributed by atoms with Crippen molar-refractivity contribution >= 4 is 211 Å². The number of fused-ring (bicyclic) bond motifs is 9. The summed E-state index contributed by atoms with van der Waals surface area (Å²) in [6.07, 6.45) is 3.29. The van der Waals surface area contributed by atoms with Crippen LogP contribution in [0.2, 0.25) is 0 Å². The molecule has 14 heteroatoms. The predicted octanol–water partition coefficient (Wildman–Crippen LogP) is 1.69. The van der Waals surface area contributed by atoms with E-state index >= 15 is 0 Å². The lowest BCUT2D eigenvalue weighted by Crippen LogP contribution is -2.50. The Kier molecular flexibility index (Phi) is 11.4. The number of rotatable bonds is 6. The van der Waals surface area contributed by atoms with E-state index in [4.69, 9.17) is 93.9 Å². The Morgan fingerprint density at radius 1 is 0.500 bits per heavy atom. The molecule has 10 aromatic rings. The van der Waals surface area contributed by atoms with Crippen LogP contribution in [-0.2, 0) is 0 Å². The third kappa shape index (κ3) is 6.86. The Morgan fingerprint density at radius 2 is 0.985 bits per heavy atom. The maximum atomic E-state index is 9.05. The number of hydrogen-bond donors (Lipinski definition) is 1. The minimum atomic E-state index is 0.0323. The first-order valence-corrected chi connectivity index (χ1v) is 21.6. The molecule has 4 nitrogen and oxygen atoms in total. The van der Waals surface area contributed by atoms with Crippen LogP contribution in [-0.4, -0.2) is 101 Å². The van der Waals surface area contributed by atoms with Gasteiger partial charge < -0.3 is 4.57 Å². The molecule has 0 aliphatic rings. The van der Waals surface area contributed by atoms with E-state index < -0.39 is 0 Å². The molecule has 0 unspecified atom stereocenters. The topological polar surface area (TPSA) is 53.5 Å². The van der Waals surface area contributed by atoms with Crippen molar-refractivity contribution < 1.29 is 0 Å². The molecule has 0 amide bonds. The van der Waals surface area contributed by atoms with Crippen LogP contribution in [0.5, 0.6) is 0 Å². The monoisotopic (exact) mass is 842 g/mol. The zero-order valence-electron chi connectivity index (χ0n) is 37.0. The molecule has 20 radical (unpaired) electrons. The van der Waals surface area contributed by atoms with Crippen molar-refractivity contribution in [3.05, 3.63) is 156 Å². The fourth-order valence-corrected chi connectivity index (χ4v) is 9.59. The first-order chi connectivity index (χ1) is 32.7. The van der Waals surface area contributed by atoms with Gasteiger partial charge in [0.05, 0.1) is 5.69 Å². The smallest absolute Gasteiger partial charge is 0.161 e. The molecule has 68 heavy (non-hydrogen) atoms. The van der Waals surface area contributed by atoms with Crippen molar-refractivity contribution in [2.75, 3.05) is 0 Å². The lowest BCUT2D eigenvalue weighted by Gasteiger charge is -2.25. The van der Waals surface area contributed by atoms with E-state index in [2.05, 4.69) is 43.0 Å². The Labute approximate surface area is 408 Å².